The van der Waals surface area contributed by atoms with Crippen LogP contribution in [0.15, 0.2) is 12.1 Å². The molecule has 2 nitrogen and oxygen atoms in total. The molecular weight excluding hydrogens is 266 g/mol. The van der Waals surface area contributed by atoms with Gasteiger partial charge in [0.1, 0.15) is 0 Å². The Morgan fingerprint density at radius 2 is 2.00 bits per heavy atom. The second-order valence-electron chi connectivity index (χ2n) is 4.42. The highest BCUT2D eigenvalue weighted by Gasteiger charge is 2.17. The lowest BCUT2D eigenvalue weighted by atomic mass is 9.99. The zero-order valence-electron chi connectivity index (χ0n) is 11.3. The van der Waals surface area contributed by atoms with Crippen molar-refractivity contribution in [1.29, 1.82) is 0 Å². The van der Waals surface area contributed by atoms with Crippen LogP contribution in [-0.2, 0) is 6.42 Å². The molecule has 1 aromatic heterocycles. The molecule has 1 atom stereocenters. The van der Waals surface area contributed by atoms with Gasteiger partial charge in [0.25, 0.3) is 5.91 Å². The highest BCUT2D eigenvalue weighted by atomic mass is 35.5. The largest absolute Gasteiger partial charge is 0.350 e. The minimum absolute atomic E-state index is 0.00342. The molecule has 1 rings (SSSR count). The van der Waals surface area contributed by atoms with Crippen molar-refractivity contribution in [2.75, 3.05) is 6.54 Å². The Kier molecular flexibility index (Phi) is 6.72. The third-order valence-corrected chi connectivity index (χ3v) is 4.99. The molecule has 0 saturated heterocycles. The number of thiophene rings is 1. The fraction of sp³-hybridized carbons (Fsp3) is 0.643. The van der Waals surface area contributed by atoms with Gasteiger partial charge in [-0.25, -0.2) is 0 Å². The number of hydrogen-bond donors (Lipinski definition) is 1. The van der Waals surface area contributed by atoms with Crippen LogP contribution in [0.5, 0.6) is 0 Å². The van der Waals surface area contributed by atoms with E-state index in [0.29, 0.717) is 12.5 Å². The van der Waals surface area contributed by atoms with Crippen molar-refractivity contribution in [3.63, 3.8) is 0 Å². The van der Waals surface area contributed by atoms with Gasteiger partial charge in [0.15, 0.2) is 0 Å². The van der Waals surface area contributed by atoms with Crippen molar-refractivity contribution < 1.29 is 4.79 Å². The number of hydrogen-bond acceptors (Lipinski definition) is 2. The Hall–Kier alpha value is -0.540. The third kappa shape index (κ3) is 4.29. The van der Waals surface area contributed by atoms with Gasteiger partial charge in [-0.3, -0.25) is 4.79 Å². The molecular formula is C14H22ClNOS. The first kappa shape index (κ1) is 15.5. The minimum Gasteiger partial charge on any atom is -0.350 e. The van der Waals surface area contributed by atoms with Gasteiger partial charge >= 0.3 is 0 Å². The number of carbonyl (C=O) groups is 1. The first-order valence-corrected chi connectivity index (χ1v) is 7.88. The summed E-state index contributed by atoms with van der Waals surface area (Å²) in [5.74, 6) is 0.470. The van der Waals surface area contributed by atoms with E-state index >= 15 is 0 Å². The monoisotopic (exact) mass is 287 g/mol. The number of halogens is 1. The molecule has 0 fully saturated rings. The van der Waals surface area contributed by atoms with E-state index in [0.717, 1.165) is 24.1 Å². The van der Waals surface area contributed by atoms with Crippen LogP contribution in [-0.4, -0.2) is 17.8 Å². The number of rotatable bonds is 7. The predicted molar refractivity (Wildman–Crippen MR) is 79.7 cm³/mol. The van der Waals surface area contributed by atoms with Crippen LogP contribution < -0.4 is 5.32 Å². The summed E-state index contributed by atoms with van der Waals surface area (Å²) in [5, 5.41) is 2.95. The zero-order valence-corrected chi connectivity index (χ0v) is 12.9. The summed E-state index contributed by atoms with van der Waals surface area (Å²) in [6.07, 6.45) is 3.09. The van der Waals surface area contributed by atoms with Gasteiger partial charge in [0.05, 0.1) is 10.3 Å². The molecule has 1 aromatic rings. The maximum Gasteiger partial charge on any atom is 0.261 e. The van der Waals surface area contributed by atoms with Gasteiger partial charge in [-0.1, -0.05) is 33.6 Å². The fourth-order valence-electron chi connectivity index (χ4n) is 1.93. The Morgan fingerprint density at radius 3 is 2.50 bits per heavy atom. The lowest BCUT2D eigenvalue weighted by Crippen LogP contribution is -2.32. The van der Waals surface area contributed by atoms with Gasteiger partial charge in [0.2, 0.25) is 0 Å². The van der Waals surface area contributed by atoms with E-state index < -0.39 is 0 Å². The molecule has 1 amide bonds. The molecule has 18 heavy (non-hydrogen) atoms. The molecule has 0 saturated carbocycles. The van der Waals surface area contributed by atoms with Gasteiger partial charge < -0.3 is 5.32 Å². The smallest absolute Gasteiger partial charge is 0.261 e. The second kappa shape index (κ2) is 7.80. The van der Waals surface area contributed by atoms with E-state index in [1.54, 1.807) is 11.3 Å². The zero-order chi connectivity index (χ0) is 13.5. The SMILES string of the molecule is CCc1ccc(C(=O)NCC(Cl)C(CC)CC)s1. The van der Waals surface area contributed by atoms with Crippen molar-refractivity contribution in [2.45, 2.75) is 45.4 Å². The fourth-order valence-corrected chi connectivity index (χ4v) is 3.23. The highest BCUT2D eigenvalue weighted by Crippen LogP contribution is 2.19. The van der Waals surface area contributed by atoms with Crippen LogP contribution in [0.4, 0.5) is 0 Å². The van der Waals surface area contributed by atoms with Gasteiger partial charge in [-0.2, -0.15) is 0 Å². The maximum atomic E-state index is 11.9. The van der Waals surface area contributed by atoms with Crippen molar-refractivity contribution in [3.8, 4) is 0 Å². The minimum atomic E-state index is -0.00342. The molecule has 1 unspecified atom stereocenters. The number of carbonyl (C=O) groups excluding carboxylic acids is 1. The molecule has 0 spiro atoms. The van der Waals surface area contributed by atoms with E-state index in [1.807, 2.05) is 12.1 Å². The molecule has 1 heterocycles. The summed E-state index contributed by atoms with van der Waals surface area (Å²) in [5.41, 5.74) is 0. The second-order valence-corrected chi connectivity index (χ2v) is 6.15. The standard InChI is InChI=1S/C14H22ClNOS/c1-4-10(5-2)12(15)9-16-14(17)13-8-7-11(6-3)18-13/h7-8,10,12H,4-6,9H2,1-3H3,(H,16,17). The van der Waals surface area contributed by atoms with Crippen molar-refractivity contribution in [3.05, 3.63) is 21.9 Å². The first-order valence-electron chi connectivity index (χ1n) is 6.63. The Bertz CT molecular complexity index is 374. The van der Waals surface area contributed by atoms with E-state index in [1.165, 1.54) is 4.88 Å². The van der Waals surface area contributed by atoms with E-state index in [4.69, 9.17) is 11.6 Å². The van der Waals surface area contributed by atoms with Crippen molar-refractivity contribution in [1.82, 2.24) is 5.32 Å². The van der Waals surface area contributed by atoms with Gasteiger partial charge in [0, 0.05) is 11.4 Å². The van der Waals surface area contributed by atoms with Crippen LogP contribution in [0, 0.1) is 5.92 Å². The maximum absolute atomic E-state index is 11.9. The molecule has 1 N–H and O–H groups in total. The van der Waals surface area contributed by atoms with Gasteiger partial charge in [-0.15, -0.1) is 22.9 Å². The van der Waals surface area contributed by atoms with E-state index in [2.05, 4.69) is 26.1 Å². The van der Waals surface area contributed by atoms with Crippen LogP contribution in [0.1, 0.15) is 48.2 Å². The summed E-state index contributed by atoms with van der Waals surface area (Å²) < 4.78 is 0. The lowest BCUT2D eigenvalue weighted by Gasteiger charge is -2.19. The molecule has 0 aliphatic heterocycles. The number of aryl methyl sites for hydroxylation is 1. The summed E-state index contributed by atoms with van der Waals surface area (Å²) >= 11 is 7.86. The summed E-state index contributed by atoms with van der Waals surface area (Å²) in [4.78, 5) is 13.9. The van der Waals surface area contributed by atoms with Crippen LogP contribution in [0.25, 0.3) is 0 Å². The molecule has 0 aliphatic rings. The Labute approximate surface area is 119 Å². The number of nitrogens with one attached hydrogen (secondary N) is 1. The van der Waals surface area contributed by atoms with Crippen molar-refractivity contribution in [2.24, 2.45) is 5.92 Å². The third-order valence-electron chi connectivity index (χ3n) is 3.25. The quantitative estimate of drug-likeness (QED) is 0.752. The average molecular weight is 288 g/mol. The topological polar surface area (TPSA) is 29.1 Å². The first-order chi connectivity index (χ1) is 8.62. The van der Waals surface area contributed by atoms with Crippen LogP contribution in [0.2, 0.25) is 0 Å². The molecule has 0 bridgehead atoms. The Morgan fingerprint density at radius 1 is 1.33 bits per heavy atom. The summed E-state index contributed by atoms with van der Waals surface area (Å²) in [6.45, 7) is 6.91. The van der Waals surface area contributed by atoms with Crippen LogP contribution in [0.3, 0.4) is 0 Å². The molecule has 4 heteroatoms. The number of amides is 1. The number of alkyl halides is 1. The molecule has 0 radical (unpaired) electrons. The molecule has 0 aromatic carbocycles. The molecule has 102 valence electrons. The summed E-state index contributed by atoms with van der Waals surface area (Å²) in [6, 6.07) is 3.90. The van der Waals surface area contributed by atoms with E-state index in [9.17, 15) is 4.79 Å². The van der Waals surface area contributed by atoms with Crippen molar-refractivity contribution >= 4 is 28.8 Å². The van der Waals surface area contributed by atoms with E-state index in [-0.39, 0.29) is 11.3 Å². The molecule has 0 aliphatic carbocycles. The Balaban J connectivity index is 2.45. The lowest BCUT2D eigenvalue weighted by molar-refractivity contribution is 0.0955. The average Bonchev–Trinajstić information content (AvgIpc) is 2.86. The normalized spacial score (nSPS) is 12.7. The summed E-state index contributed by atoms with van der Waals surface area (Å²) in [7, 11) is 0. The van der Waals surface area contributed by atoms with Crippen LogP contribution >= 0.6 is 22.9 Å². The highest BCUT2D eigenvalue weighted by molar-refractivity contribution is 7.14. The predicted octanol–water partition coefficient (Wildman–Crippen LogP) is 4.08. The van der Waals surface area contributed by atoms with Gasteiger partial charge in [-0.05, 0) is 24.5 Å².